The van der Waals surface area contributed by atoms with E-state index in [4.69, 9.17) is 9.84 Å². The highest BCUT2D eigenvalue weighted by Gasteiger charge is 2.35. The highest BCUT2D eigenvalue weighted by atomic mass is 16.5. The average molecular weight is 334 g/mol. The maximum atomic E-state index is 12.6. The summed E-state index contributed by atoms with van der Waals surface area (Å²) in [5.74, 6) is -0.0405. The van der Waals surface area contributed by atoms with E-state index in [2.05, 4.69) is 14.9 Å². The minimum absolute atomic E-state index is 0.0422. The lowest BCUT2D eigenvalue weighted by molar-refractivity contribution is -0.141. The smallest absolute Gasteiger partial charge is 0.308 e. The van der Waals surface area contributed by atoms with Crippen LogP contribution in [-0.4, -0.2) is 65.1 Å². The summed E-state index contributed by atoms with van der Waals surface area (Å²) in [4.78, 5) is 36.0. The lowest BCUT2D eigenvalue weighted by Crippen LogP contribution is -2.42. The zero-order valence-corrected chi connectivity index (χ0v) is 13.7. The number of piperidine rings is 1. The van der Waals surface area contributed by atoms with Crippen LogP contribution in [0.1, 0.15) is 19.3 Å². The Morgan fingerprint density at radius 1 is 1.21 bits per heavy atom. The van der Waals surface area contributed by atoms with Crippen molar-refractivity contribution < 1.29 is 19.4 Å². The van der Waals surface area contributed by atoms with Crippen LogP contribution >= 0.6 is 0 Å². The van der Waals surface area contributed by atoms with Crippen molar-refractivity contribution in [2.75, 3.05) is 38.2 Å². The molecule has 0 radical (unpaired) electrons. The molecule has 0 aliphatic carbocycles. The van der Waals surface area contributed by atoms with E-state index in [1.165, 1.54) is 0 Å². The van der Waals surface area contributed by atoms with Gasteiger partial charge in [-0.2, -0.15) is 4.98 Å². The molecule has 2 aliphatic heterocycles. The van der Waals surface area contributed by atoms with Crippen molar-refractivity contribution in [1.29, 1.82) is 0 Å². The second-order valence-electron chi connectivity index (χ2n) is 6.27. The summed E-state index contributed by atoms with van der Waals surface area (Å²) >= 11 is 0. The molecule has 8 heteroatoms. The Bertz CT molecular complexity index is 616. The van der Waals surface area contributed by atoms with Crippen LogP contribution in [0.3, 0.4) is 0 Å². The molecule has 24 heavy (non-hydrogen) atoms. The second-order valence-corrected chi connectivity index (χ2v) is 6.27. The lowest BCUT2D eigenvalue weighted by atomic mass is 9.95. The quantitative estimate of drug-likeness (QED) is 0.863. The van der Waals surface area contributed by atoms with Gasteiger partial charge >= 0.3 is 5.97 Å². The summed E-state index contributed by atoms with van der Waals surface area (Å²) in [6, 6.07) is 1.70. The lowest BCUT2D eigenvalue weighted by Gasteiger charge is -2.33. The monoisotopic (exact) mass is 334 g/mol. The first-order valence-corrected chi connectivity index (χ1v) is 8.22. The van der Waals surface area contributed by atoms with Crippen molar-refractivity contribution in [2.24, 2.45) is 11.8 Å². The summed E-state index contributed by atoms with van der Waals surface area (Å²) in [5.41, 5.74) is 0. The first kappa shape index (κ1) is 16.5. The van der Waals surface area contributed by atoms with Crippen LogP contribution in [0.15, 0.2) is 12.3 Å². The number of carboxylic acids is 1. The maximum absolute atomic E-state index is 12.6. The van der Waals surface area contributed by atoms with Crippen LogP contribution in [0.5, 0.6) is 5.88 Å². The fourth-order valence-electron chi connectivity index (χ4n) is 3.35. The molecule has 1 aromatic heterocycles. The molecule has 8 nitrogen and oxygen atoms in total. The molecule has 1 N–H and O–H groups in total. The second kappa shape index (κ2) is 7.02. The molecule has 0 bridgehead atoms. The molecule has 0 spiro atoms. The molecule has 130 valence electrons. The van der Waals surface area contributed by atoms with E-state index in [-0.39, 0.29) is 11.8 Å². The molecular formula is C16H22N4O4. The number of aliphatic carboxylic acids is 1. The summed E-state index contributed by atoms with van der Waals surface area (Å²) in [6.45, 7) is 2.31. The number of carbonyl (C=O) groups is 2. The average Bonchev–Trinajstić information content (AvgIpc) is 3.12. The molecule has 3 rings (SSSR count). The van der Waals surface area contributed by atoms with Crippen molar-refractivity contribution in [3.05, 3.63) is 12.3 Å². The largest absolute Gasteiger partial charge is 0.481 e. The zero-order chi connectivity index (χ0) is 17.1. The molecule has 1 aromatic rings. The molecule has 3 heterocycles. The van der Waals surface area contributed by atoms with E-state index in [1.54, 1.807) is 24.3 Å². The Labute approximate surface area is 140 Å². The number of hydrogen-bond donors (Lipinski definition) is 1. The number of amides is 1. The number of carbonyl (C=O) groups excluding carboxylic acids is 1. The third-order valence-electron chi connectivity index (χ3n) is 4.80. The Morgan fingerprint density at radius 2 is 1.92 bits per heavy atom. The van der Waals surface area contributed by atoms with Crippen LogP contribution < -0.4 is 9.64 Å². The van der Waals surface area contributed by atoms with Crippen molar-refractivity contribution in [3.63, 3.8) is 0 Å². The number of rotatable bonds is 4. The standard InChI is InChI=1S/C16H22N4O4/c1-24-13-2-6-17-16(18-13)19-7-3-11(4-8-19)14(21)20-9-5-12(10-20)15(22)23/h2,6,11-12H,3-5,7-10H2,1H3,(H,22,23)/t12-/m1/s1. The van der Waals surface area contributed by atoms with Gasteiger partial charge in [-0.3, -0.25) is 9.59 Å². The van der Waals surface area contributed by atoms with Crippen LogP contribution in [0.2, 0.25) is 0 Å². The number of nitrogens with zero attached hydrogens (tertiary/aromatic N) is 4. The van der Waals surface area contributed by atoms with E-state index in [9.17, 15) is 9.59 Å². The number of hydrogen-bond acceptors (Lipinski definition) is 6. The maximum Gasteiger partial charge on any atom is 0.308 e. The number of carboxylic acid groups (broad SMARTS) is 1. The number of ether oxygens (including phenoxy) is 1. The summed E-state index contributed by atoms with van der Waals surface area (Å²) < 4.78 is 5.12. The van der Waals surface area contributed by atoms with Gasteiger partial charge in [-0.15, -0.1) is 0 Å². The van der Waals surface area contributed by atoms with E-state index in [0.29, 0.717) is 44.4 Å². The van der Waals surface area contributed by atoms with Gasteiger partial charge in [-0.1, -0.05) is 0 Å². The summed E-state index contributed by atoms with van der Waals surface area (Å²) in [5, 5.41) is 9.06. The topological polar surface area (TPSA) is 95.9 Å². The number of likely N-dealkylation sites (tertiary alicyclic amines) is 1. The van der Waals surface area contributed by atoms with Gasteiger partial charge in [0.1, 0.15) is 0 Å². The Balaban J connectivity index is 1.55. The third-order valence-corrected chi connectivity index (χ3v) is 4.80. The van der Waals surface area contributed by atoms with Gasteiger partial charge in [-0.05, 0) is 19.3 Å². The van der Waals surface area contributed by atoms with E-state index < -0.39 is 11.9 Å². The first-order chi connectivity index (χ1) is 11.6. The fourth-order valence-corrected chi connectivity index (χ4v) is 3.35. The predicted octanol–water partition coefficient (Wildman–Crippen LogP) is 0.635. The summed E-state index contributed by atoms with van der Waals surface area (Å²) in [7, 11) is 1.57. The Hall–Kier alpha value is -2.38. The van der Waals surface area contributed by atoms with Gasteiger partial charge in [0.15, 0.2) is 0 Å². The van der Waals surface area contributed by atoms with Crippen molar-refractivity contribution in [3.8, 4) is 5.88 Å². The van der Waals surface area contributed by atoms with Crippen molar-refractivity contribution in [1.82, 2.24) is 14.9 Å². The minimum atomic E-state index is -0.810. The van der Waals surface area contributed by atoms with Gasteiger partial charge in [0, 0.05) is 44.4 Å². The van der Waals surface area contributed by atoms with Gasteiger partial charge in [0.05, 0.1) is 13.0 Å². The van der Waals surface area contributed by atoms with E-state index in [1.807, 2.05) is 0 Å². The van der Waals surface area contributed by atoms with Crippen LogP contribution in [0, 0.1) is 11.8 Å². The summed E-state index contributed by atoms with van der Waals surface area (Å²) in [6.07, 6.45) is 3.67. The van der Waals surface area contributed by atoms with E-state index in [0.717, 1.165) is 12.8 Å². The molecule has 0 unspecified atom stereocenters. The van der Waals surface area contributed by atoms with Gasteiger partial charge < -0.3 is 19.6 Å². The molecule has 0 saturated carbocycles. The van der Waals surface area contributed by atoms with Crippen molar-refractivity contribution in [2.45, 2.75) is 19.3 Å². The Morgan fingerprint density at radius 3 is 2.54 bits per heavy atom. The van der Waals surface area contributed by atoms with Crippen molar-refractivity contribution >= 4 is 17.8 Å². The molecule has 0 aromatic carbocycles. The van der Waals surface area contributed by atoms with Crippen LogP contribution in [-0.2, 0) is 9.59 Å². The zero-order valence-electron chi connectivity index (χ0n) is 13.7. The van der Waals surface area contributed by atoms with Gasteiger partial charge in [-0.25, -0.2) is 4.98 Å². The number of aromatic nitrogens is 2. The highest BCUT2D eigenvalue weighted by molar-refractivity contribution is 5.81. The third kappa shape index (κ3) is 3.42. The van der Waals surface area contributed by atoms with Gasteiger partial charge in [0.2, 0.25) is 17.7 Å². The number of anilines is 1. The normalized spacial score (nSPS) is 21.8. The molecule has 2 aliphatic rings. The number of methoxy groups -OCH3 is 1. The SMILES string of the molecule is COc1ccnc(N2CCC(C(=O)N3CC[C@@H](C(=O)O)C3)CC2)n1. The van der Waals surface area contributed by atoms with Crippen LogP contribution in [0.4, 0.5) is 5.95 Å². The molecule has 1 atom stereocenters. The minimum Gasteiger partial charge on any atom is -0.481 e. The van der Waals surface area contributed by atoms with Gasteiger partial charge in [0.25, 0.3) is 0 Å². The molecular weight excluding hydrogens is 312 g/mol. The fraction of sp³-hybridized carbons (Fsp3) is 0.625. The molecule has 2 fully saturated rings. The molecule has 2 saturated heterocycles. The Kier molecular flexibility index (Phi) is 4.82. The van der Waals surface area contributed by atoms with Crippen LogP contribution in [0.25, 0.3) is 0 Å². The predicted molar refractivity (Wildman–Crippen MR) is 85.8 cm³/mol. The first-order valence-electron chi connectivity index (χ1n) is 8.22. The van der Waals surface area contributed by atoms with E-state index >= 15 is 0 Å². The molecule has 1 amide bonds. The highest BCUT2D eigenvalue weighted by Crippen LogP contribution is 2.26.